The molecule has 2 heterocycles. The van der Waals surface area contributed by atoms with Crippen molar-refractivity contribution in [1.82, 2.24) is 25.5 Å². The van der Waals surface area contributed by atoms with Crippen molar-refractivity contribution in [3.8, 4) is 22.5 Å². The molecule has 5 aromatic rings. The molecule has 0 saturated heterocycles. The van der Waals surface area contributed by atoms with Crippen LogP contribution in [-0.4, -0.2) is 33.1 Å². The van der Waals surface area contributed by atoms with Crippen molar-refractivity contribution in [2.75, 3.05) is 7.05 Å². The van der Waals surface area contributed by atoms with Crippen molar-refractivity contribution >= 4 is 16.8 Å². The topological polar surface area (TPSA) is 83.6 Å². The van der Waals surface area contributed by atoms with Crippen molar-refractivity contribution in [3.05, 3.63) is 102 Å². The Morgan fingerprint density at radius 3 is 2.50 bits per heavy atom. The van der Waals surface area contributed by atoms with Crippen LogP contribution < -0.4 is 5.32 Å². The third-order valence-corrected chi connectivity index (χ3v) is 5.43. The van der Waals surface area contributed by atoms with Gasteiger partial charge in [0, 0.05) is 47.3 Å². The third kappa shape index (κ3) is 3.74. The molecule has 2 aromatic heterocycles. The molecule has 6 heteroatoms. The lowest BCUT2D eigenvalue weighted by Crippen LogP contribution is -2.17. The Morgan fingerprint density at radius 2 is 1.66 bits per heavy atom. The number of H-pyrrole nitrogens is 1. The Bertz CT molecular complexity index is 1410. The number of amides is 1. The van der Waals surface area contributed by atoms with Crippen molar-refractivity contribution in [1.29, 1.82) is 0 Å². The molecule has 5 rings (SSSR count). The number of hydrogen-bond donors (Lipinski definition) is 2. The van der Waals surface area contributed by atoms with Gasteiger partial charge >= 0.3 is 0 Å². The van der Waals surface area contributed by atoms with Gasteiger partial charge in [0.15, 0.2) is 5.82 Å². The number of fused-ring (bicyclic) bond motifs is 1. The molecule has 0 spiro atoms. The highest BCUT2D eigenvalue weighted by Gasteiger charge is 2.16. The Balaban J connectivity index is 1.60. The number of carbonyl (C=O) groups is 1. The fourth-order valence-electron chi connectivity index (χ4n) is 3.83. The molecule has 0 saturated carbocycles. The number of para-hydroxylation sites is 1. The molecule has 0 unspecified atom stereocenters. The van der Waals surface area contributed by atoms with Gasteiger partial charge in [-0.15, -0.1) is 10.2 Å². The standard InChI is InChI=1S/C26H21N5O/c1-27-26(32)19-11-7-10-18(14-19)25-24(17-8-3-2-4-9-17)29-23(30-31-25)15-20-16-28-22-13-6-5-12-21(20)22/h2-14,16,28H,15H2,1H3,(H,27,32). The van der Waals surface area contributed by atoms with Crippen LogP contribution in [0.4, 0.5) is 0 Å². The molecule has 0 aliphatic rings. The number of nitrogens with zero attached hydrogens (tertiary/aromatic N) is 3. The summed E-state index contributed by atoms with van der Waals surface area (Å²) < 4.78 is 0. The number of aromatic nitrogens is 4. The predicted octanol–water partition coefficient (Wildman–Crippen LogP) is 4.64. The molecular weight excluding hydrogens is 398 g/mol. The molecule has 0 atom stereocenters. The summed E-state index contributed by atoms with van der Waals surface area (Å²) in [5.41, 5.74) is 5.89. The summed E-state index contributed by atoms with van der Waals surface area (Å²) in [6.07, 6.45) is 2.56. The Morgan fingerprint density at radius 1 is 0.875 bits per heavy atom. The third-order valence-electron chi connectivity index (χ3n) is 5.43. The molecule has 0 bridgehead atoms. The second-order valence-corrected chi connectivity index (χ2v) is 7.49. The van der Waals surface area contributed by atoms with E-state index in [1.807, 2.05) is 66.9 Å². The number of nitrogens with one attached hydrogen (secondary N) is 2. The minimum absolute atomic E-state index is 0.148. The minimum Gasteiger partial charge on any atom is -0.361 e. The lowest BCUT2D eigenvalue weighted by atomic mass is 10.0. The van der Waals surface area contributed by atoms with Gasteiger partial charge in [-0.2, -0.15) is 0 Å². The molecule has 0 aliphatic carbocycles. The minimum atomic E-state index is -0.148. The zero-order chi connectivity index (χ0) is 21.9. The van der Waals surface area contributed by atoms with E-state index in [1.54, 1.807) is 13.1 Å². The largest absolute Gasteiger partial charge is 0.361 e. The van der Waals surface area contributed by atoms with E-state index in [0.29, 0.717) is 23.5 Å². The smallest absolute Gasteiger partial charge is 0.251 e. The normalized spacial score (nSPS) is 10.9. The highest BCUT2D eigenvalue weighted by atomic mass is 16.1. The van der Waals surface area contributed by atoms with Gasteiger partial charge in [-0.1, -0.05) is 60.7 Å². The van der Waals surface area contributed by atoms with Crippen LogP contribution in [0.15, 0.2) is 85.1 Å². The van der Waals surface area contributed by atoms with Gasteiger partial charge in [0.25, 0.3) is 5.91 Å². The van der Waals surface area contributed by atoms with Crippen molar-refractivity contribution in [2.45, 2.75) is 6.42 Å². The average Bonchev–Trinajstić information content (AvgIpc) is 3.27. The summed E-state index contributed by atoms with van der Waals surface area (Å²) in [5, 5.41) is 12.8. The van der Waals surface area contributed by atoms with E-state index in [2.05, 4.69) is 32.6 Å². The highest BCUT2D eigenvalue weighted by molar-refractivity contribution is 5.95. The number of rotatable bonds is 5. The Labute approximate surface area is 185 Å². The van der Waals surface area contributed by atoms with Gasteiger partial charge in [-0.05, 0) is 23.8 Å². The summed E-state index contributed by atoms with van der Waals surface area (Å²) in [4.78, 5) is 20.3. The number of carbonyl (C=O) groups excluding carboxylic acids is 1. The summed E-state index contributed by atoms with van der Waals surface area (Å²) in [7, 11) is 1.62. The molecule has 0 fully saturated rings. The van der Waals surface area contributed by atoms with Crippen LogP contribution in [0.2, 0.25) is 0 Å². The van der Waals surface area contributed by atoms with Crippen molar-refractivity contribution < 1.29 is 4.79 Å². The molecular formula is C26H21N5O. The van der Waals surface area contributed by atoms with Crippen LogP contribution in [-0.2, 0) is 6.42 Å². The lowest BCUT2D eigenvalue weighted by molar-refractivity contribution is 0.0963. The number of aromatic amines is 1. The zero-order valence-electron chi connectivity index (χ0n) is 17.5. The molecule has 3 aromatic carbocycles. The Hall–Kier alpha value is -4.32. The predicted molar refractivity (Wildman–Crippen MR) is 125 cm³/mol. The van der Waals surface area contributed by atoms with Gasteiger partial charge in [0.1, 0.15) is 11.4 Å². The maximum absolute atomic E-state index is 12.1. The molecule has 32 heavy (non-hydrogen) atoms. The molecule has 0 radical (unpaired) electrons. The van der Waals surface area contributed by atoms with E-state index in [0.717, 1.165) is 33.3 Å². The maximum atomic E-state index is 12.1. The maximum Gasteiger partial charge on any atom is 0.251 e. The first-order chi connectivity index (χ1) is 15.7. The van der Waals surface area contributed by atoms with E-state index in [9.17, 15) is 4.79 Å². The second-order valence-electron chi connectivity index (χ2n) is 7.49. The zero-order valence-corrected chi connectivity index (χ0v) is 17.5. The Kier molecular flexibility index (Phi) is 5.17. The van der Waals surface area contributed by atoms with Gasteiger partial charge < -0.3 is 10.3 Å². The highest BCUT2D eigenvalue weighted by Crippen LogP contribution is 2.29. The second kappa shape index (κ2) is 8.43. The first-order valence-electron chi connectivity index (χ1n) is 10.4. The number of hydrogen-bond acceptors (Lipinski definition) is 4. The fourth-order valence-corrected chi connectivity index (χ4v) is 3.83. The van der Waals surface area contributed by atoms with Gasteiger partial charge in [0.05, 0.1) is 0 Å². The van der Waals surface area contributed by atoms with E-state index in [1.165, 1.54) is 0 Å². The van der Waals surface area contributed by atoms with Gasteiger partial charge in [-0.25, -0.2) is 4.98 Å². The lowest BCUT2D eigenvalue weighted by Gasteiger charge is -2.10. The first kappa shape index (κ1) is 19.6. The van der Waals surface area contributed by atoms with Crippen LogP contribution in [0.1, 0.15) is 21.7 Å². The van der Waals surface area contributed by atoms with E-state index < -0.39 is 0 Å². The van der Waals surface area contributed by atoms with E-state index in [-0.39, 0.29) is 5.91 Å². The van der Waals surface area contributed by atoms with Crippen LogP contribution in [0.25, 0.3) is 33.4 Å². The monoisotopic (exact) mass is 419 g/mol. The summed E-state index contributed by atoms with van der Waals surface area (Å²) in [5.74, 6) is 0.491. The fraction of sp³-hybridized carbons (Fsp3) is 0.0769. The van der Waals surface area contributed by atoms with Gasteiger partial charge in [0.2, 0.25) is 0 Å². The SMILES string of the molecule is CNC(=O)c1cccc(-c2nnc(Cc3c[nH]c4ccccc34)nc2-c2ccccc2)c1. The summed E-state index contributed by atoms with van der Waals surface area (Å²) in [6.45, 7) is 0. The average molecular weight is 419 g/mol. The van der Waals surface area contributed by atoms with Crippen molar-refractivity contribution in [2.24, 2.45) is 0 Å². The quantitative estimate of drug-likeness (QED) is 0.435. The van der Waals surface area contributed by atoms with E-state index >= 15 is 0 Å². The molecule has 6 nitrogen and oxygen atoms in total. The molecule has 0 aliphatic heterocycles. The van der Waals surface area contributed by atoms with Crippen LogP contribution >= 0.6 is 0 Å². The van der Waals surface area contributed by atoms with Gasteiger partial charge in [-0.3, -0.25) is 4.79 Å². The summed E-state index contributed by atoms with van der Waals surface area (Å²) in [6, 6.07) is 25.5. The van der Waals surface area contributed by atoms with Crippen LogP contribution in [0.3, 0.4) is 0 Å². The molecule has 156 valence electrons. The first-order valence-corrected chi connectivity index (χ1v) is 10.4. The number of benzene rings is 3. The van der Waals surface area contributed by atoms with Crippen LogP contribution in [0.5, 0.6) is 0 Å². The molecule has 1 amide bonds. The molecule has 2 N–H and O–H groups in total. The van der Waals surface area contributed by atoms with Crippen molar-refractivity contribution in [3.63, 3.8) is 0 Å². The summed E-state index contributed by atoms with van der Waals surface area (Å²) >= 11 is 0. The van der Waals surface area contributed by atoms with E-state index in [4.69, 9.17) is 4.98 Å². The van der Waals surface area contributed by atoms with Crippen LogP contribution in [0, 0.1) is 0 Å².